The molecule has 0 unspecified atom stereocenters. The Labute approximate surface area is 278 Å². The van der Waals surface area contributed by atoms with E-state index in [1.807, 2.05) is 132 Å². The maximum absolute atomic E-state index is 10.8. The summed E-state index contributed by atoms with van der Waals surface area (Å²) in [6.45, 7) is 3.72. The van der Waals surface area contributed by atoms with Crippen molar-refractivity contribution in [2.24, 2.45) is 0 Å². The zero-order valence-electron chi connectivity index (χ0n) is 26.1. The molecule has 222 valence electrons. The number of fused-ring (bicyclic) bond motifs is 3. The average molecular weight is 614 g/mol. The molecule has 8 aromatic rings. The number of nitriles is 2. The average Bonchev–Trinajstić information content (AvgIpc) is 3.83. The second kappa shape index (κ2) is 11.1. The highest BCUT2D eigenvalue weighted by atomic mass is 15.1. The fourth-order valence-corrected chi connectivity index (χ4v) is 6.73. The lowest BCUT2D eigenvalue weighted by Crippen LogP contribution is -2.24. The molecule has 4 radical (unpaired) electrons. The molecule has 4 aromatic heterocycles. The molecule has 0 atom stereocenters. The van der Waals surface area contributed by atoms with Crippen LogP contribution in [0, 0.1) is 36.5 Å². The van der Waals surface area contributed by atoms with Crippen molar-refractivity contribution in [3.8, 4) is 23.5 Å². The fourth-order valence-electron chi connectivity index (χ4n) is 6.73. The van der Waals surface area contributed by atoms with Crippen molar-refractivity contribution in [3.63, 3.8) is 0 Å². The molecule has 48 heavy (non-hydrogen) atoms. The highest BCUT2D eigenvalue weighted by Crippen LogP contribution is 2.29. The van der Waals surface area contributed by atoms with Gasteiger partial charge in [-0.15, -0.1) is 0 Å². The Bertz CT molecular complexity index is 2590. The largest absolute Gasteiger partial charge is 0.399 e. The van der Waals surface area contributed by atoms with Crippen LogP contribution in [0.1, 0.15) is 23.0 Å². The maximum Gasteiger partial charge on any atom is 0.234 e. The van der Waals surface area contributed by atoms with Crippen molar-refractivity contribution < 1.29 is 0 Å². The Morgan fingerprint density at radius 1 is 0.542 bits per heavy atom. The molecule has 0 bridgehead atoms. The van der Waals surface area contributed by atoms with Gasteiger partial charge in [0.05, 0.1) is 32.8 Å². The van der Waals surface area contributed by atoms with Gasteiger partial charge in [-0.05, 0) is 62.4 Å². The smallest absolute Gasteiger partial charge is 0.234 e. The summed E-state index contributed by atoms with van der Waals surface area (Å²) in [6.07, 6.45) is 0. The summed E-state index contributed by atoms with van der Waals surface area (Å²) in [4.78, 5) is 9.89. The molecule has 8 nitrogen and oxygen atoms in total. The molecular weight excluding hydrogens is 590 g/mol. The van der Waals surface area contributed by atoms with Gasteiger partial charge in [0.1, 0.15) is 23.3 Å². The van der Waals surface area contributed by atoms with Gasteiger partial charge >= 0.3 is 0 Å². The first-order chi connectivity index (χ1) is 23.4. The number of nitrogens with zero attached hydrogens (tertiary/aromatic N) is 8. The van der Waals surface area contributed by atoms with Gasteiger partial charge in [-0.1, -0.05) is 60.7 Å². The molecular formula is C38H24B2N8. The minimum absolute atomic E-state index is 0.269. The van der Waals surface area contributed by atoms with Crippen LogP contribution in [0.4, 0.5) is 0 Å². The Balaban J connectivity index is 1.53. The summed E-state index contributed by atoms with van der Waals surface area (Å²) in [7, 11) is 13.7. The zero-order chi connectivity index (χ0) is 33.1. The molecule has 8 rings (SSSR count). The minimum atomic E-state index is 0.269. The first-order valence-electron chi connectivity index (χ1n) is 15.3. The lowest BCUT2D eigenvalue weighted by Gasteiger charge is -2.10. The van der Waals surface area contributed by atoms with Crippen molar-refractivity contribution in [1.29, 1.82) is 10.5 Å². The summed E-state index contributed by atoms with van der Waals surface area (Å²) < 4.78 is 6.94. The van der Waals surface area contributed by atoms with E-state index in [4.69, 9.17) is 25.9 Å². The Morgan fingerprint density at radius 2 is 0.896 bits per heavy atom. The van der Waals surface area contributed by atoms with Gasteiger partial charge in [-0.3, -0.25) is 9.13 Å². The Hall–Kier alpha value is -6.51. The molecule has 10 heteroatoms. The van der Waals surface area contributed by atoms with E-state index in [9.17, 15) is 10.5 Å². The normalized spacial score (nSPS) is 12.8. The van der Waals surface area contributed by atoms with Crippen molar-refractivity contribution in [1.82, 2.24) is 28.1 Å². The quantitative estimate of drug-likeness (QED) is 0.260. The van der Waals surface area contributed by atoms with Crippen molar-refractivity contribution in [2.75, 3.05) is 0 Å². The SMILES string of the molecule is [B]n1c(C)c2/c(=C(\C#N)c3nc4ccccc4n3-c3ccccc3)n([B])c(C)c2/c1=C(\C#N)c1nc2ccccc2n1-c1ccccc1. The van der Waals surface area contributed by atoms with Gasteiger partial charge in [0.2, 0.25) is 16.0 Å². The zero-order valence-corrected chi connectivity index (χ0v) is 26.1. The third-order valence-electron chi connectivity index (χ3n) is 8.95. The minimum Gasteiger partial charge on any atom is -0.399 e. The second-order valence-electron chi connectivity index (χ2n) is 11.5. The molecule has 4 heterocycles. The van der Waals surface area contributed by atoms with E-state index in [2.05, 4.69) is 12.1 Å². The monoisotopic (exact) mass is 614 g/mol. The first kappa shape index (κ1) is 28.9. The van der Waals surface area contributed by atoms with E-state index in [0.29, 0.717) is 44.5 Å². The lowest BCUT2D eigenvalue weighted by molar-refractivity contribution is 1.03. The standard InChI is InChI=1S/C38H24B2N8/c1-23-33-34(36(47(23)39)28(22-42)38-44-30-18-10-12-20-32(30)46(38)26-15-7-4-8-16-26)24(2)48(40)35(33)27(21-41)37-43-29-17-9-11-19-31(29)45(37)25-13-5-3-6-14-25/h3-20H,1-2H3/b35-27-,36-28-. The number of imidazole rings is 2. The van der Waals surface area contributed by atoms with Crippen LogP contribution in [0.3, 0.4) is 0 Å². The van der Waals surface area contributed by atoms with Gasteiger partial charge in [0, 0.05) is 33.5 Å². The number of benzene rings is 4. The third-order valence-corrected chi connectivity index (χ3v) is 8.95. The summed E-state index contributed by atoms with van der Waals surface area (Å²) in [5.74, 6) is 0.883. The van der Waals surface area contributed by atoms with Crippen LogP contribution in [0.15, 0.2) is 109 Å². The van der Waals surface area contributed by atoms with Crippen LogP contribution in [0.2, 0.25) is 0 Å². The highest BCUT2D eigenvalue weighted by molar-refractivity contribution is 6.15. The molecule has 4 aromatic carbocycles. The summed E-state index contributed by atoms with van der Waals surface area (Å²) >= 11 is 0. The Morgan fingerprint density at radius 3 is 1.27 bits per heavy atom. The summed E-state index contributed by atoms with van der Waals surface area (Å²) in [6, 6.07) is 39.9. The van der Waals surface area contributed by atoms with Crippen molar-refractivity contribution in [3.05, 3.63) is 143 Å². The van der Waals surface area contributed by atoms with Crippen molar-refractivity contribution >= 4 is 59.9 Å². The summed E-state index contributed by atoms with van der Waals surface area (Å²) in [5.41, 5.74) is 6.68. The van der Waals surface area contributed by atoms with Crippen LogP contribution >= 0.6 is 0 Å². The predicted molar refractivity (Wildman–Crippen MR) is 189 cm³/mol. The molecule has 0 saturated heterocycles. The van der Waals surface area contributed by atoms with E-state index >= 15 is 0 Å². The number of aryl methyl sites for hydroxylation is 2. The molecule has 0 amide bonds. The van der Waals surface area contributed by atoms with Crippen molar-refractivity contribution in [2.45, 2.75) is 13.8 Å². The number of para-hydroxylation sites is 6. The van der Waals surface area contributed by atoms with Gasteiger partial charge in [-0.2, -0.15) is 10.5 Å². The molecule has 0 aliphatic rings. The molecule has 0 spiro atoms. The number of aromatic nitrogens is 6. The molecule has 0 fully saturated rings. The number of hydrogen-bond donors (Lipinski definition) is 0. The fraction of sp³-hybridized carbons (Fsp3) is 0.0526. The molecule has 0 aliphatic carbocycles. The van der Waals surface area contributed by atoms with Crippen LogP contribution in [0.25, 0.3) is 55.4 Å². The molecule has 0 saturated carbocycles. The van der Waals surface area contributed by atoms with E-state index in [1.165, 1.54) is 8.96 Å². The van der Waals surface area contributed by atoms with Gasteiger partial charge < -0.3 is 8.96 Å². The lowest BCUT2D eigenvalue weighted by atomic mass is 10.1. The second-order valence-corrected chi connectivity index (χ2v) is 11.5. The maximum atomic E-state index is 10.8. The number of rotatable bonds is 4. The van der Waals surface area contributed by atoms with Crippen LogP contribution < -0.4 is 10.7 Å². The van der Waals surface area contributed by atoms with Gasteiger partial charge in [0.25, 0.3) is 0 Å². The van der Waals surface area contributed by atoms with E-state index < -0.39 is 0 Å². The van der Waals surface area contributed by atoms with Gasteiger partial charge in [0.15, 0.2) is 11.6 Å². The van der Waals surface area contributed by atoms with E-state index in [-0.39, 0.29) is 11.1 Å². The van der Waals surface area contributed by atoms with E-state index in [0.717, 1.165) is 33.4 Å². The van der Waals surface area contributed by atoms with Gasteiger partial charge in [-0.25, -0.2) is 9.97 Å². The third kappa shape index (κ3) is 4.10. The van der Waals surface area contributed by atoms with Crippen LogP contribution in [0.5, 0.6) is 0 Å². The van der Waals surface area contributed by atoms with Crippen LogP contribution in [-0.4, -0.2) is 44.0 Å². The number of hydrogen-bond acceptors (Lipinski definition) is 4. The van der Waals surface area contributed by atoms with E-state index in [1.54, 1.807) is 0 Å². The predicted octanol–water partition coefficient (Wildman–Crippen LogP) is 5.05. The summed E-state index contributed by atoms with van der Waals surface area (Å²) in [5, 5.41) is 23.9. The highest BCUT2D eigenvalue weighted by Gasteiger charge is 2.25. The molecule has 0 aliphatic heterocycles. The van der Waals surface area contributed by atoms with Crippen LogP contribution in [-0.2, 0) is 0 Å². The topological polar surface area (TPSA) is 93.1 Å². The first-order valence-corrected chi connectivity index (χ1v) is 15.3. The molecule has 0 N–H and O–H groups in total. The Kier molecular flexibility index (Phi) is 6.68.